The molecule has 0 atom stereocenters. The van der Waals surface area contributed by atoms with Crippen molar-refractivity contribution in [3.63, 3.8) is 0 Å². The number of carbonyl (C=O) groups is 1. The maximum absolute atomic E-state index is 12.2. The predicted octanol–water partition coefficient (Wildman–Crippen LogP) is 2.30. The van der Waals surface area contributed by atoms with E-state index in [0.717, 1.165) is 6.21 Å². The number of hydrogen-bond acceptors (Lipinski definition) is 6. The van der Waals surface area contributed by atoms with Crippen LogP contribution in [0.25, 0.3) is 0 Å². The summed E-state index contributed by atoms with van der Waals surface area (Å²) in [7, 11) is 3.01. The highest BCUT2D eigenvalue weighted by molar-refractivity contribution is 6.38. The molecule has 1 amide bonds. The van der Waals surface area contributed by atoms with E-state index in [2.05, 4.69) is 15.7 Å². The van der Waals surface area contributed by atoms with Gasteiger partial charge in [0.25, 0.3) is 5.91 Å². The van der Waals surface area contributed by atoms with Crippen LogP contribution in [0.1, 0.15) is 15.9 Å². The zero-order valence-corrected chi connectivity index (χ0v) is 13.3. The molecule has 0 aliphatic rings. The summed E-state index contributed by atoms with van der Waals surface area (Å²) in [5.41, 5.74) is 3.78. The Kier molecular flexibility index (Phi) is 5.90. The molecule has 0 aromatic heterocycles. The zero-order chi connectivity index (χ0) is 17.4. The zero-order valence-electron chi connectivity index (χ0n) is 13.3. The van der Waals surface area contributed by atoms with E-state index in [0.29, 0.717) is 28.3 Å². The average molecular weight is 327 g/mol. The molecule has 124 valence electrons. The Morgan fingerprint density at radius 1 is 1.04 bits per heavy atom. The van der Waals surface area contributed by atoms with Gasteiger partial charge in [0.2, 0.25) is 0 Å². The molecule has 2 N–H and O–H groups in total. The number of carbonyl (C=O) groups excluding carboxylic acids is 1. The number of hydrogen-bond donors (Lipinski definition) is 2. The van der Waals surface area contributed by atoms with Crippen molar-refractivity contribution >= 4 is 17.8 Å². The largest absolute Gasteiger partial charge is 0.493 e. The third-order valence-electron chi connectivity index (χ3n) is 3.17. The van der Waals surface area contributed by atoms with E-state index in [1.165, 1.54) is 14.2 Å². The van der Waals surface area contributed by atoms with Crippen molar-refractivity contribution in [2.24, 2.45) is 10.3 Å². The van der Waals surface area contributed by atoms with Crippen molar-refractivity contribution < 1.29 is 19.5 Å². The molecule has 2 aromatic carbocycles. The van der Waals surface area contributed by atoms with Crippen LogP contribution in [0.5, 0.6) is 11.5 Å². The number of benzene rings is 2. The molecule has 0 aliphatic carbocycles. The number of nitrogens with one attached hydrogen (secondary N) is 1. The molecule has 0 spiro atoms. The van der Waals surface area contributed by atoms with Gasteiger partial charge in [-0.2, -0.15) is 5.10 Å². The second-order valence-corrected chi connectivity index (χ2v) is 4.62. The van der Waals surface area contributed by atoms with Crippen LogP contribution < -0.4 is 14.9 Å². The minimum atomic E-state index is -0.435. The molecule has 7 heteroatoms. The first-order valence-corrected chi connectivity index (χ1v) is 7.02. The third-order valence-corrected chi connectivity index (χ3v) is 3.17. The summed E-state index contributed by atoms with van der Waals surface area (Å²) in [4.78, 5) is 12.2. The fraction of sp³-hybridized carbons (Fsp3) is 0.118. The summed E-state index contributed by atoms with van der Waals surface area (Å²) >= 11 is 0. The summed E-state index contributed by atoms with van der Waals surface area (Å²) in [5.74, 6) is 0.528. The fourth-order valence-electron chi connectivity index (χ4n) is 1.98. The first kappa shape index (κ1) is 17.0. The second-order valence-electron chi connectivity index (χ2n) is 4.62. The van der Waals surface area contributed by atoms with Gasteiger partial charge in [-0.05, 0) is 18.2 Å². The van der Waals surface area contributed by atoms with Gasteiger partial charge in [0.1, 0.15) is 5.71 Å². The van der Waals surface area contributed by atoms with Crippen LogP contribution >= 0.6 is 0 Å². The van der Waals surface area contributed by atoms with E-state index in [-0.39, 0.29) is 0 Å². The average Bonchev–Trinajstić information content (AvgIpc) is 2.64. The van der Waals surface area contributed by atoms with Crippen molar-refractivity contribution in [1.29, 1.82) is 0 Å². The normalized spacial score (nSPS) is 11.3. The van der Waals surface area contributed by atoms with Gasteiger partial charge in [0, 0.05) is 11.1 Å². The molecule has 2 aromatic rings. The molecule has 0 aliphatic heterocycles. The van der Waals surface area contributed by atoms with E-state index in [1.807, 2.05) is 18.2 Å². The number of hydrazone groups is 1. The quantitative estimate of drug-likeness (QED) is 0.484. The lowest BCUT2D eigenvalue weighted by Crippen LogP contribution is -2.20. The number of nitrogens with zero attached hydrogens (tertiary/aromatic N) is 2. The maximum Gasteiger partial charge on any atom is 0.271 e. The lowest BCUT2D eigenvalue weighted by atomic mass is 10.1. The number of rotatable bonds is 6. The molecule has 0 bridgehead atoms. The lowest BCUT2D eigenvalue weighted by Gasteiger charge is -2.09. The molecule has 0 radical (unpaired) electrons. The highest BCUT2D eigenvalue weighted by atomic mass is 16.5. The topological polar surface area (TPSA) is 92.5 Å². The van der Waals surface area contributed by atoms with Gasteiger partial charge in [-0.3, -0.25) is 4.79 Å². The van der Waals surface area contributed by atoms with Crippen molar-refractivity contribution in [3.8, 4) is 11.5 Å². The molecular weight excluding hydrogens is 310 g/mol. The predicted molar refractivity (Wildman–Crippen MR) is 90.3 cm³/mol. The fourth-order valence-corrected chi connectivity index (χ4v) is 1.98. The molecule has 24 heavy (non-hydrogen) atoms. The van der Waals surface area contributed by atoms with E-state index >= 15 is 0 Å². The summed E-state index contributed by atoms with van der Waals surface area (Å²) < 4.78 is 10.3. The van der Waals surface area contributed by atoms with Crippen molar-refractivity contribution in [2.45, 2.75) is 0 Å². The monoisotopic (exact) mass is 327 g/mol. The Bertz CT molecular complexity index is 758. The highest BCUT2D eigenvalue weighted by Crippen LogP contribution is 2.27. The molecule has 0 saturated heterocycles. The Morgan fingerprint density at radius 2 is 1.75 bits per heavy atom. The first-order valence-electron chi connectivity index (χ1n) is 7.02. The van der Waals surface area contributed by atoms with E-state index in [9.17, 15) is 4.79 Å². The SMILES string of the molecule is COc1ccc(C(=O)NN=C(C=NO)c2ccccc2)cc1OC. The van der Waals surface area contributed by atoms with Crippen molar-refractivity contribution in [2.75, 3.05) is 14.2 Å². The molecule has 0 saturated carbocycles. The Balaban J connectivity index is 2.21. The standard InChI is InChI=1S/C17H17N3O4/c1-23-15-9-8-13(10-16(15)24-2)17(21)20-19-14(11-18-22)12-6-4-3-5-7-12/h3-11,22H,1-2H3,(H,20,21). The van der Waals surface area contributed by atoms with Crippen molar-refractivity contribution in [1.82, 2.24) is 5.43 Å². The van der Waals surface area contributed by atoms with E-state index in [4.69, 9.17) is 14.7 Å². The number of oxime groups is 1. The van der Waals surface area contributed by atoms with Crippen LogP contribution in [0.2, 0.25) is 0 Å². The molecular formula is C17H17N3O4. The lowest BCUT2D eigenvalue weighted by molar-refractivity contribution is 0.0954. The molecule has 2 rings (SSSR count). The van der Waals surface area contributed by atoms with Crippen LogP contribution in [-0.2, 0) is 0 Å². The maximum atomic E-state index is 12.2. The van der Waals surface area contributed by atoms with E-state index < -0.39 is 5.91 Å². The third kappa shape index (κ3) is 4.10. The van der Waals surface area contributed by atoms with Gasteiger partial charge >= 0.3 is 0 Å². The summed E-state index contributed by atoms with van der Waals surface area (Å²) in [6, 6.07) is 13.8. The van der Waals surface area contributed by atoms with Crippen LogP contribution in [0, 0.1) is 0 Å². The summed E-state index contributed by atoms with van der Waals surface area (Å²) in [6.07, 6.45) is 1.14. The van der Waals surface area contributed by atoms with Gasteiger partial charge in [-0.15, -0.1) is 0 Å². The first-order chi connectivity index (χ1) is 11.7. The van der Waals surface area contributed by atoms with Gasteiger partial charge < -0.3 is 14.7 Å². The highest BCUT2D eigenvalue weighted by Gasteiger charge is 2.11. The van der Waals surface area contributed by atoms with E-state index in [1.54, 1.807) is 30.3 Å². The van der Waals surface area contributed by atoms with Crippen LogP contribution in [0.15, 0.2) is 58.8 Å². The van der Waals surface area contributed by atoms with Gasteiger partial charge in [-0.25, -0.2) is 5.43 Å². The Labute approximate surface area is 139 Å². The Morgan fingerprint density at radius 3 is 2.38 bits per heavy atom. The second kappa shape index (κ2) is 8.33. The van der Waals surface area contributed by atoms with Gasteiger partial charge in [-0.1, -0.05) is 35.5 Å². The minimum Gasteiger partial charge on any atom is -0.493 e. The number of ether oxygens (including phenoxy) is 2. The Hall–Kier alpha value is -3.35. The molecule has 0 unspecified atom stereocenters. The van der Waals surface area contributed by atoms with Gasteiger partial charge in [0.05, 0.1) is 20.4 Å². The minimum absolute atomic E-state index is 0.312. The molecule has 0 heterocycles. The summed E-state index contributed by atoms with van der Waals surface area (Å²) in [6.45, 7) is 0. The number of amides is 1. The van der Waals surface area contributed by atoms with Crippen molar-refractivity contribution in [3.05, 3.63) is 59.7 Å². The number of methoxy groups -OCH3 is 2. The van der Waals surface area contributed by atoms with Crippen LogP contribution in [-0.4, -0.2) is 37.3 Å². The van der Waals surface area contributed by atoms with Crippen LogP contribution in [0.4, 0.5) is 0 Å². The summed E-state index contributed by atoms with van der Waals surface area (Å²) in [5, 5.41) is 15.7. The molecule has 0 fully saturated rings. The van der Waals surface area contributed by atoms with Gasteiger partial charge in [0.15, 0.2) is 11.5 Å². The molecule has 7 nitrogen and oxygen atoms in total. The van der Waals surface area contributed by atoms with Crippen LogP contribution in [0.3, 0.4) is 0 Å². The smallest absolute Gasteiger partial charge is 0.271 e.